The number of nitrogens with zero attached hydrogens (tertiary/aromatic N) is 2. The smallest absolute Gasteiger partial charge is 0.336 e. The van der Waals surface area contributed by atoms with E-state index in [2.05, 4.69) is 21.4 Å². The average molecular weight is 398 g/mol. The van der Waals surface area contributed by atoms with E-state index in [-0.39, 0.29) is 5.56 Å². The number of anilines is 2. The topological polar surface area (TPSA) is 101 Å². The van der Waals surface area contributed by atoms with E-state index in [9.17, 15) is 9.90 Å². The molecule has 0 saturated carbocycles. The zero-order chi connectivity index (χ0) is 21.3. The van der Waals surface area contributed by atoms with Crippen LogP contribution in [0.5, 0.6) is 0 Å². The Morgan fingerprint density at radius 2 is 1.83 bits per heavy atom. The highest BCUT2D eigenvalue weighted by Gasteiger charge is 2.12. The summed E-state index contributed by atoms with van der Waals surface area (Å²) in [7, 11) is 0. The van der Waals surface area contributed by atoms with Gasteiger partial charge in [-0.1, -0.05) is 30.3 Å². The predicted octanol–water partition coefficient (Wildman–Crippen LogP) is 4.81. The largest absolute Gasteiger partial charge is 0.478 e. The summed E-state index contributed by atoms with van der Waals surface area (Å²) in [4.78, 5) is 20.7. The van der Waals surface area contributed by atoms with Crippen LogP contribution in [-0.4, -0.2) is 21.0 Å². The Morgan fingerprint density at radius 1 is 1.03 bits per heavy atom. The van der Waals surface area contributed by atoms with Gasteiger partial charge in [0.05, 0.1) is 22.5 Å². The molecule has 6 heteroatoms. The summed E-state index contributed by atoms with van der Waals surface area (Å²) < 4.78 is 0. The van der Waals surface area contributed by atoms with Gasteiger partial charge in [-0.2, -0.15) is 0 Å². The van der Waals surface area contributed by atoms with Gasteiger partial charge in [0.15, 0.2) is 0 Å². The highest BCUT2D eigenvalue weighted by molar-refractivity contribution is 5.96. The molecule has 0 spiro atoms. The zero-order valence-electron chi connectivity index (χ0n) is 16.8. The van der Waals surface area contributed by atoms with Gasteiger partial charge in [0, 0.05) is 23.2 Å². The van der Waals surface area contributed by atoms with Crippen molar-refractivity contribution in [3.63, 3.8) is 0 Å². The monoisotopic (exact) mass is 398 g/mol. The Morgan fingerprint density at radius 3 is 2.63 bits per heavy atom. The molecule has 2 aromatic heterocycles. The number of hydrogen-bond acceptors (Lipinski definition) is 5. The molecule has 0 bridgehead atoms. The minimum absolute atomic E-state index is 0.240. The fraction of sp³-hybridized carbons (Fsp3) is 0.125. The number of nitrogen functional groups attached to an aromatic ring is 1. The number of aromatic nitrogens is 2. The molecule has 150 valence electrons. The number of aryl methyl sites for hydroxylation is 2. The normalized spacial score (nSPS) is 10.9. The molecule has 0 saturated heterocycles. The first-order chi connectivity index (χ1) is 14.4. The van der Waals surface area contributed by atoms with Gasteiger partial charge in [0.1, 0.15) is 5.82 Å². The third-order valence-corrected chi connectivity index (χ3v) is 5.04. The maximum absolute atomic E-state index is 11.5. The van der Waals surface area contributed by atoms with E-state index in [1.807, 2.05) is 50.2 Å². The van der Waals surface area contributed by atoms with Crippen LogP contribution in [0, 0.1) is 13.8 Å². The molecule has 30 heavy (non-hydrogen) atoms. The second kappa shape index (κ2) is 7.83. The molecule has 0 aliphatic rings. The summed E-state index contributed by atoms with van der Waals surface area (Å²) in [6, 6.07) is 18.7. The molecule has 0 unspecified atom stereocenters. The molecular formula is C24H22N4O2. The quantitative estimate of drug-likeness (QED) is 0.446. The number of nitrogens with one attached hydrogen (secondary N) is 1. The van der Waals surface area contributed by atoms with Gasteiger partial charge >= 0.3 is 5.97 Å². The lowest BCUT2D eigenvalue weighted by Gasteiger charge is -2.12. The van der Waals surface area contributed by atoms with Crippen molar-refractivity contribution >= 4 is 28.4 Å². The molecule has 0 aliphatic carbocycles. The van der Waals surface area contributed by atoms with Crippen molar-refractivity contribution in [2.75, 3.05) is 11.1 Å². The van der Waals surface area contributed by atoms with E-state index >= 15 is 0 Å². The third kappa shape index (κ3) is 3.80. The number of pyridine rings is 2. The summed E-state index contributed by atoms with van der Waals surface area (Å²) >= 11 is 0. The molecule has 6 nitrogen and oxygen atoms in total. The first-order valence-corrected chi connectivity index (χ1v) is 9.62. The van der Waals surface area contributed by atoms with Crippen LogP contribution in [0.4, 0.5) is 11.5 Å². The van der Waals surface area contributed by atoms with Crippen molar-refractivity contribution < 1.29 is 9.90 Å². The highest BCUT2D eigenvalue weighted by atomic mass is 16.4. The van der Waals surface area contributed by atoms with Crippen LogP contribution >= 0.6 is 0 Å². The van der Waals surface area contributed by atoms with Crippen molar-refractivity contribution in [2.24, 2.45) is 0 Å². The molecule has 4 N–H and O–H groups in total. The van der Waals surface area contributed by atoms with Crippen molar-refractivity contribution in [1.29, 1.82) is 0 Å². The summed E-state index contributed by atoms with van der Waals surface area (Å²) in [5.74, 6) is -0.278. The second-order valence-electron chi connectivity index (χ2n) is 7.27. The van der Waals surface area contributed by atoms with Gasteiger partial charge in [0.25, 0.3) is 0 Å². The molecule has 4 aromatic rings. The molecule has 0 aliphatic heterocycles. The Labute approximate surface area is 174 Å². The lowest BCUT2D eigenvalue weighted by Crippen LogP contribution is -2.07. The Hall–Kier alpha value is -3.93. The van der Waals surface area contributed by atoms with Crippen LogP contribution in [0.3, 0.4) is 0 Å². The van der Waals surface area contributed by atoms with E-state index in [1.54, 1.807) is 18.2 Å². The van der Waals surface area contributed by atoms with Crippen molar-refractivity contribution in [3.8, 4) is 11.3 Å². The Bertz CT molecular complexity index is 1270. The Balaban J connectivity index is 1.61. The lowest BCUT2D eigenvalue weighted by molar-refractivity contribution is 0.0697. The van der Waals surface area contributed by atoms with Crippen LogP contribution in [0.2, 0.25) is 0 Å². The average Bonchev–Trinajstić information content (AvgIpc) is 2.74. The molecule has 0 amide bonds. The van der Waals surface area contributed by atoms with Crippen LogP contribution in [0.1, 0.15) is 27.2 Å². The standard InChI is InChI=1S/C24H22N4O2/c1-14-11-15(2)27-23(22(14)25)26-13-16-7-9-20-17(12-16)8-10-21(28-20)18-5-3-4-6-19(18)24(29)30/h3-12H,13,25H2,1-2H3,(H,26,27)(H,29,30). The number of aromatic carboxylic acids is 1. The number of fused-ring (bicyclic) bond motifs is 1. The number of carboxylic acids is 1. The highest BCUT2D eigenvalue weighted by Crippen LogP contribution is 2.26. The summed E-state index contributed by atoms with van der Waals surface area (Å²) in [6.45, 7) is 4.50. The summed E-state index contributed by atoms with van der Waals surface area (Å²) in [5, 5.41) is 13.7. The fourth-order valence-electron chi connectivity index (χ4n) is 3.50. The van der Waals surface area contributed by atoms with Gasteiger partial charge in [-0.3, -0.25) is 0 Å². The molecule has 0 atom stereocenters. The van der Waals surface area contributed by atoms with Crippen LogP contribution in [-0.2, 0) is 6.54 Å². The summed E-state index contributed by atoms with van der Waals surface area (Å²) in [6.07, 6.45) is 0. The van der Waals surface area contributed by atoms with Crippen molar-refractivity contribution in [3.05, 3.63) is 83.0 Å². The van der Waals surface area contributed by atoms with Gasteiger partial charge in [-0.05, 0) is 55.3 Å². The van der Waals surface area contributed by atoms with E-state index in [1.165, 1.54) is 0 Å². The Kier molecular flexibility index (Phi) is 5.06. The maximum Gasteiger partial charge on any atom is 0.336 e. The molecule has 4 rings (SSSR count). The lowest BCUT2D eigenvalue weighted by atomic mass is 10.0. The first kappa shape index (κ1) is 19.4. The number of carbonyl (C=O) groups is 1. The van der Waals surface area contributed by atoms with Gasteiger partial charge in [-0.25, -0.2) is 14.8 Å². The van der Waals surface area contributed by atoms with E-state index in [4.69, 9.17) is 5.73 Å². The number of rotatable bonds is 5. The van der Waals surface area contributed by atoms with E-state index in [0.29, 0.717) is 29.3 Å². The number of carboxylic acid groups (broad SMARTS) is 1. The molecule has 2 heterocycles. The second-order valence-corrected chi connectivity index (χ2v) is 7.27. The predicted molar refractivity (Wildman–Crippen MR) is 120 cm³/mol. The SMILES string of the molecule is Cc1cc(C)c(N)c(NCc2ccc3nc(-c4ccccc4C(=O)O)ccc3c2)n1. The van der Waals surface area contributed by atoms with Crippen LogP contribution < -0.4 is 11.1 Å². The molecule has 0 radical (unpaired) electrons. The fourth-order valence-corrected chi connectivity index (χ4v) is 3.50. The molecule has 2 aromatic carbocycles. The molecular weight excluding hydrogens is 376 g/mol. The summed E-state index contributed by atoms with van der Waals surface area (Å²) in [5.41, 5.74) is 12.1. The minimum Gasteiger partial charge on any atom is -0.478 e. The van der Waals surface area contributed by atoms with Crippen LogP contribution in [0.25, 0.3) is 22.2 Å². The van der Waals surface area contributed by atoms with Gasteiger partial charge < -0.3 is 16.2 Å². The zero-order valence-corrected chi connectivity index (χ0v) is 16.8. The first-order valence-electron chi connectivity index (χ1n) is 9.62. The minimum atomic E-state index is -0.965. The molecule has 0 fully saturated rings. The van der Waals surface area contributed by atoms with Gasteiger partial charge in [-0.15, -0.1) is 0 Å². The van der Waals surface area contributed by atoms with Crippen molar-refractivity contribution in [1.82, 2.24) is 9.97 Å². The van der Waals surface area contributed by atoms with E-state index < -0.39 is 5.97 Å². The third-order valence-electron chi connectivity index (χ3n) is 5.04. The van der Waals surface area contributed by atoms with Crippen LogP contribution in [0.15, 0.2) is 60.7 Å². The van der Waals surface area contributed by atoms with E-state index in [0.717, 1.165) is 27.7 Å². The van der Waals surface area contributed by atoms with Crippen molar-refractivity contribution in [2.45, 2.75) is 20.4 Å². The number of hydrogen-bond donors (Lipinski definition) is 3. The van der Waals surface area contributed by atoms with Gasteiger partial charge in [0.2, 0.25) is 0 Å². The number of nitrogens with two attached hydrogens (primary N) is 1. The number of benzene rings is 2. The maximum atomic E-state index is 11.5.